The van der Waals surface area contributed by atoms with Gasteiger partial charge in [-0.05, 0) is 24.3 Å². The Balaban J connectivity index is 2.24. The van der Waals surface area contributed by atoms with Crippen LogP contribution >= 0.6 is 11.6 Å². The highest BCUT2D eigenvalue weighted by Gasteiger charge is 2.20. The number of carbonyl (C=O) groups is 1. The van der Waals surface area contributed by atoms with Gasteiger partial charge >= 0.3 is 5.97 Å². The van der Waals surface area contributed by atoms with E-state index in [0.717, 1.165) is 0 Å². The van der Waals surface area contributed by atoms with Gasteiger partial charge in [0.25, 0.3) is 0 Å². The number of methoxy groups -OCH3 is 1. The topological polar surface area (TPSA) is 71.5 Å². The van der Waals surface area contributed by atoms with Crippen molar-refractivity contribution in [3.05, 3.63) is 53.2 Å². The summed E-state index contributed by atoms with van der Waals surface area (Å²) in [6.07, 6.45) is 1.47. The molecule has 2 aromatic rings. The quantitative estimate of drug-likeness (QED) is 0.886. The van der Waals surface area contributed by atoms with E-state index in [9.17, 15) is 9.90 Å². The summed E-state index contributed by atoms with van der Waals surface area (Å²) in [5, 5.41) is 12.8. The van der Waals surface area contributed by atoms with Crippen LogP contribution in [0.15, 0.2) is 42.6 Å². The summed E-state index contributed by atoms with van der Waals surface area (Å²) in [6, 6.07) is 9.24. The lowest BCUT2D eigenvalue weighted by Gasteiger charge is -2.16. The lowest BCUT2D eigenvalue weighted by atomic mass is 10.1. The van der Waals surface area contributed by atoms with Crippen molar-refractivity contribution in [3.8, 4) is 5.88 Å². The number of nitrogens with zero attached hydrogens (tertiary/aromatic N) is 1. The molecule has 20 heavy (non-hydrogen) atoms. The second kappa shape index (κ2) is 6.25. The monoisotopic (exact) mass is 292 g/mol. The highest BCUT2D eigenvalue weighted by Crippen LogP contribution is 2.22. The Morgan fingerprint density at radius 3 is 2.75 bits per heavy atom. The van der Waals surface area contributed by atoms with E-state index in [1.807, 2.05) is 0 Å². The molecule has 1 unspecified atom stereocenters. The van der Waals surface area contributed by atoms with Gasteiger partial charge in [-0.2, -0.15) is 0 Å². The summed E-state index contributed by atoms with van der Waals surface area (Å²) in [5.41, 5.74) is 1.15. The number of aliphatic carboxylic acids is 1. The Morgan fingerprint density at radius 1 is 1.40 bits per heavy atom. The van der Waals surface area contributed by atoms with Gasteiger partial charge in [0.15, 0.2) is 6.04 Å². The van der Waals surface area contributed by atoms with E-state index in [-0.39, 0.29) is 0 Å². The van der Waals surface area contributed by atoms with E-state index in [4.69, 9.17) is 16.3 Å². The van der Waals surface area contributed by atoms with Crippen LogP contribution in [0.2, 0.25) is 5.02 Å². The standard InChI is InChI=1S/C14H13ClN2O3/c1-20-12-6-5-9(8-16-12)13(14(18)19)17-11-4-2-3-10(15)7-11/h2-8,13,17H,1H3,(H,18,19). The molecule has 2 N–H and O–H groups in total. The minimum atomic E-state index is -1.00. The molecule has 0 bridgehead atoms. The normalized spacial score (nSPS) is 11.7. The zero-order chi connectivity index (χ0) is 14.5. The van der Waals surface area contributed by atoms with Crippen LogP contribution in [0.25, 0.3) is 0 Å². The maximum Gasteiger partial charge on any atom is 0.330 e. The Hall–Kier alpha value is -2.27. The molecule has 1 aromatic heterocycles. The Bertz CT molecular complexity index is 602. The van der Waals surface area contributed by atoms with Gasteiger partial charge in [-0.3, -0.25) is 0 Å². The Kier molecular flexibility index (Phi) is 4.42. The molecule has 5 nitrogen and oxygen atoms in total. The van der Waals surface area contributed by atoms with Gasteiger partial charge in [-0.15, -0.1) is 0 Å². The molecular formula is C14H13ClN2O3. The second-order valence-electron chi connectivity index (χ2n) is 4.06. The number of ether oxygens (including phenoxy) is 1. The number of hydrogen-bond acceptors (Lipinski definition) is 4. The number of pyridine rings is 1. The number of halogens is 1. The average molecular weight is 293 g/mol. The van der Waals surface area contributed by atoms with Crippen molar-refractivity contribution in [1.29, 1.82) is 0 Å². The van der Waals surface area contributed by atoms with Gasteiger partial charge in [0.2, 0.25) is 5.88 Å². The van der Waals surface area contributed by atoms with Gasteiger partial charge in [0, 0.05) is 28.5 Å². The molecule has 1 aromatic carbocycles. The van der Waals surface area contributed by atoms with Crippen molar-refractivity contribution in [3.63, 3.8) is 0 Å². The third kappa shape index (κ3) is 3.39. The number of benzene rings is 1. The van der Waals surface area contributed by atoms with Crippen LogP contribution in [0.3, 0.4) is 0 Å². The maximum atomic E-state index is 11.4. The largest absolute Gasteiger partial charge is 0.481 e. The minimum Gasteiger partial charge on any atom is -0.481 e. The molecule has 0 spiro atoms. The number of hydrogen-bond donors (Lipinski definition) is 2. The first-order valence-electron chi connectivity index (χ1n) is 5.85. The first-order chi connectivity index (χ1) is 9.60. The van der Waals surface area contributed by atoms with E-state index in [2.05, 4.69) is 10.3 Å². The molecule has 1 atom stereocenters. The fourth-order valence-electron chi connectivity index (χ4n) is 1.72. The summed E-state index contributed by atoms with van der Waals surface area (Å²) in [6.45, 7) is 0. The number of carboxylic acid groups (broad SMARTS) is 1. The van der Waals surface area contributed by atoms with Gasteiger partial charge in [0.1, 0.15) is 0 Å². The number of rotatable bonds is 5. The van der Waals surface area contributed by atoms with Crippen LogP contribution in [0, 0.1) is 0 Å². The molecule has 1 heterocycles. The molecule has 0 radical (unpaired) electrons. The third-order valence-corrected chi connectivity index (χ3v) is 2.92. The first kappa shape index (κ1) is 14.1. The average Bonchev–Trinajstić information content (AvgIpc) is 2.45. The van der Waals surface area contributed by atoms with E-state index in [1.54, 1.807) is 36.4 Å². The molecule has 0 aliphatic rings. The van der Waals surface area contributed by atoms with Gasteiger partial charge in [0.05, 0.1) is 7.11 Å². The van der Waals surface area contributed by atoms with Crippen LogP contribution in [-0.2, 0) is 4.79 Å². The molecule has 0 saturated carbocycles. The van der Waals surface area contributed by atoms with Gasteiger partial charge in [-0.25, -0.2) is 9.78 Å². The number of carboxylic acids is 1. The molecule has 0 aliphatic heterocycles. The summed E-state index contributed by atoms with van der Waals surface area (Å²) in [7, 11) is 1.50. The summed E-state index contributed by atoms with van der Waals surface area (Å²) >= 11 is 5.88. The zero-order valence-electron chi connectivity index (χ0n) is 10.7. The molecule has 0 fully saturated rings. The van der Waals surface area contributed by atoms with Crippen LogP contribution < -0.4 is 10.1 Å². The van der Waals surface area contributed by atoms with Crippen molar-refractivity contribution in [1.82, 2.24) is 4.98 Å². The van der Waals surface area contributed by atoms with Crippen molar-refractivity contribution in [2.24, 2.45) is 0 Å². The highest BCUT2D eigenvalue weighted by molar-refractivity contribution is 6.30. The van der Waals surface area contributed by atoms with Gasteiger partial charge in [-0.1, -0.05) is 17.7 Å². The lowest BCUT2D eigenvalue weighted by Crippen LogP contribution is -2.20. The molecule has 2 rings (SSSR count). The SMILES string of the molecule is COc1ccc(C(Nc2cccc(Cl)c2)C(=O)O)cn1. The van der Waals surface area contributed by atoms with E-state index in [0.29, 0.717) is 22.2 Å². The van der Waals surface area contributed by atoms with Crippen LogP contribution in [-0.4, -0.2) is 23.2 Å². The minimum absolute atomic E-state index is 0.431. The fourth-order valence-corrected chi connectivity index (χ4v) is 1.91. The summed E-state index contributed by atoms with van der Waals surface area (Å²) < 4.78 is 4.95. The highest BCUT2D eigenvalue weighted by atomic mass is 35.5. The predicted molar refractivity (Wildman–Crippen MR) is 76.2 cm³/mol. The molecule has 6 heteroatoms. The lowest BCUT2D eigenvalue weighted by molar-refractivity contribution is -0.138. The first-order valence-corrected chi connectivity index (χ1v) is 6.23. The zero-order valence-corrected chi connectivity index (χ0v) is 11.5. The Morgan fingerprint density at radius 2 is 2.20 bits per heavy atom. The Labute approximate surface area is 121 Å². The van der Waals surface area contributed by atoms with Crippen LogP contribution in [0.1, 0.15) is 11.6 Å². The summed E-state index contributed by atoms with van der Waals surface area (Å²) in [5.74, 6) is -0.572. The van der Waals surface area contributed by atoms with Gasteiger partial charge < -0.3 is 15.2 Å². The molecule has 104 valence electrons. The van der Waals surface area contributed by atoms with Crippen LogP contribution in [0.5, 0.6) is 5.88 Å². The maximum absolute atomic E-state index is 11.4. The predicted octanol–water partition coefficient (Wildman–Crippen LogP) is 2.98. The van der Waals surface area contributed by atoms with E-state index < -0.39 is 12.0 Å². The third-order valence-electron chi connectivity index (χ3n) is 2.68. The number of anilines is 1. The molecule has 0 amide bonds. The van der Waals surface area contributed by atoms with Crippen molar-refractivity contribution >= 4 is 23.3 Å². The van der Waals surface area contributed by atoms with Crippen molar-refractivity contribution in [2.45, 2.75) is 6.04 Å². The van der Waals surface area contributed by atoms with E-state index in [1.165, 1.54) is 13.3 Å². The van der Waals surface area contributed by atoms with E-state index >= 15 is 0 Å². The smallest absolute Gasteiger partial charge is 0.330 e. The molecule has 0 saturated heterocycles. The van der Waals surface area contributed by atoms with Crippen LogP contribution in [0.4, 0.5) is 5.69 Å². The van der Waals surface area contributed by atoms with Crippen molar-refractivity contribution < 1.29 is 14.6 Å². The number of aromatic nitrogens is 1. The van der Waals surface area contributed by atoms with Crippen molar-refractivity contribution in [2.75, 3.05) is 12.4 Å². The number of nitrogens with one attached hydrogen (secondary N) is 1. The molecular weight excluding hydrogens is 280 g/mol. The second-order valence-corrected chi connectivity index (χ2v) is 4.50. The fraction of sp³-hybridized carbons (Fsp3) is 0.143. The molecule has 0 aliphatic carbocycles. The summed E-state index contributed by atoms with van der Waals surface area (Å²) in [4.78, 5) is 15.4.